The van der Waals surface area contributed by atoms with E-state index in [1.807, 2.05) is 19.1 Å². The molecule has 20 heavy (non-hydrogen) atoms. The second-order valence-electron chi connectivity index (χ2n) is 5.13. The van der Waals surface area contributed by atoms with Crippen molar-refractivity contribution in [1.82, 2.24) is 10.3 Å². The first-order chi connectivity index (χ1) is 9.66. The van der Waals surface area contributed by atoms with E-state index >= 15 is 0 Å². The molecule has 1 amide bonds. The fourth-order valence-electron chi connectivity index (χ4n) is 2.72. The van der Waals surface area contributed by atoms with E-state index < -0.39 is 0 Å². The summed E-state index contributed by atoms with van der Waals surface area (Å²) in [5.74, 6) is -0.0997. The Labute approximate surface area is 122 Å². The standard InChI is InChI=1S/C15H17ClN2O2/c1-9-13(14-11(16)5-2-6-12(14)18-9)15(19)17-8-10-4-3-7-20-10/h2,5-6,10,18H,3-4,7-8H2,1H3,(H,17,19). The SMILES string of the molecule is Cc1[nH]c2cccc(Cl)c2c1C(=O)NCC1CCCO1. The van der Waals surface area contributed by atoms with Gasteiger partial charge in [0.2, 0.25) is 0 Å². The molecule has 1 aliphatic heterocycles. The second-order valence-corrected chi connectivity index (χ2v) is 5.54. The number of ether oxygens (including phenoxy) is 1. The van der Waals surface area contributed by atoms with Gasteiger partial charge in [-0.1, -0.05) is 17.7 Å². The van der Waals surface area contributed by atoms with Gasteiger partial charge in [-0.3, -0.25) is 4.79 Å². The molecule has 2 heterocycles. The lowest BCUT2D eigenvalue weighted by molar-refractivity contribution is 0.0858. The fourth-order valence-corrected chi connectivity index (χ4v) is 2.99. The maximum Gasteiger partial charge on any atom is 0.253 e. The Morgan fingerprint density at radius 2 is 2.40 bits per heavy atom. The molecule has 1 unspecified atom stereocenters. The zero-order valence-corrected chi connectivity index (χ0v) is 12.1. The molecular formula is C15H17ClN2O2. The van der Waals surface area contributed by atoms with Gasteiger partial charge < -0.3 is 15.0 Å². The Morgan fingerprint density at radius 1 is 1.55 bits per heavy atom. The van der Waals surface area contributed by atoms with Crippen molar-refractivity contribution < 1.29 is 9.53 Å². The summed E-state index contributed by atoms with van der Waals surface area (Å²) in [7, 11) is 0. The number of carbonyl (C=O) groups is 1. The Kier molecular flexibility index (Phi) is 3.68. The quantitative estimate of drug-likeness (QED) is 0.913. The van der Waals surface area contributed by atoms with Crippen molar-refractivity contribution in [3.05, 3.63) is 34.5 Å². The van der Waals surface area contributed by atoms with Crippen molar-refractivity contribution in [3.63, 3.8) is 0 Å². The topological polar surface area (TPSA) is 54.1 Å². The summed E-state index contributed by atoms with van der Waals surface area (Å²) in [5.41, 5.74) is 2.35. The lowest BCUT2D eigenvalue weighted by Crippen LogP contribution is -2.32. The zero-order valence-electron chi connectivity index (χ0n) is 11.3. The third-order valence-electron chi connectivity index (χ3n) is 3.70. The van der Waals surface area contributed by atoms with Gasteiger partial charge >= 0.3 is 0 Å². The predicted molar refractivity (Wildman–Crippen MR) is 79.4 cm³/mol. The highest BCUT2D eigenvalue weighted by Crippen LogP contribution is 2.29. The number of aromatic nitrogens is 1. The summed E-state index contributed by atoms with van der Waals surface area (Å²) in [5, 5.41) is 4.32. The molecule has 1 aliphatic rings. The minimum Gasteiger partial charge on any atom is -0.376 e. The van der Waals surface area contributed by atoms with Crippen LogP contribution in [0.2, 0.25) is 5.02 Å². The molecule has 0 saturated carbocycles. The van der Waals surface area contributed by atoms with Gasteiger partial charge in [-0.15, -0.1) is 0 Å². The van der Waals surface area contributed by atoms with Crippen molar-refractivity contribution in [1.29, 1.82) is 0 Å². The summed E-state index contributed by atoms with van der Waals surface area (Å²) >= 11 is 6.22. The lowest BCUT2D eigenvalue weighted by Gasteiger charge is -2.11. The number of H-pyrrole nitrogens is 1. The van der Waals surface area contributed by atoms with E-state index in [2.05, 4.69) is 10.3 Å². The fraction of sp³-hybridized carbons (Fsp3) is 0.400. The molecule has 4 nitrogen and oxygen atoms in total. The van der Waals surface area contributed by atoms with Crippen molar-refractivity contribution >= 4 is 28.4 Å². The maximum absolute atomic E-state index is 12.4. The second kappa shape index (κ2) is 5.46. The Bertz CT molecular complexity index is 645. The molecule has 1 aromatic carbocycles. The molecule has 1 fully saturated rings. The molecule has 1 aromatic heterocycles. The Morgan fingerprint density at radius 3 is 3.15 bits per heavy atom. The first-order valence-corrected chi connectivity index (χ1v) is 7.21. The van der Waals surface area contributed by atoms with Crippen molar-refractivity contribution in [3.8, 4) is 0 Å². The maximum atomic E-state index is 12.4. The predicted octanol–water partition coefficient (Wildman–Crippen LogP) is 3.04. The van der Waals surface area contributed by atoms with E-state index in [4.69, 9.17) is 16.3 Å². The average molecular weight is 293 g/mol. The lowest BCUT2D eigenvalue weighted by atomic mass is 10.1. The third kappa shape index (κ3) is 2.41. The number of benzene rings is 1. The monoisotopic (exact) mass is 292 g/mol. The van der Waals surface area contributed by atoms with Crippen LogP contribution in [-0.2, 0) is 4.74 Å². The number of fused-ring (bicyclic) bond motifs is 1. The molecule has 2 N–H and O–H groups in total. The molecule has 0 bridgehead atoms. The van der Waals surface area contributed by atoms with E-state index in [1.165, 1.54) is 0 Å². The molecule has 5 heteroatoms. The molecule has 3 rings (SSSR count). The molecular weight excluding hydrogens is 276 g/mol. The van der Waals surface area contributed by atoms with E-state index in [0.717, 1.165) is 36.0 Å². The molecule has 1 saturated heterocycles. The van der Waals surface area contributed by atoms with Crippen LogP contribution in [0.25, 0.3) is 10.9 Å². The highest BCUT2D eigenvalue weighted by Gasteiger charge is 2.20. The van der Waals surface area contributed by atoms with Crippen LogP contribution in [0.1, 0.15) is 28.9 Å². The van der Waals surface area contributed by atoms with E-state index in [9.17, 15) is 4.79 Å². The molecule has 0 radical (unpaired) electrons. The van der Waals surface area contributed by atoms with Gasteiger partial charge in [0, 0.05) is 29.7 Å². The normalized spacial score (nSPS) is 18.6. The highest BCUT2D eigenvalue weighted by atomic mass is 35.5. The van der Waals surface area contributed by atoms with Crippen molar-refractivity contribution in [2.75, 3.05) is 13.2 Å². The number of hydrogen-bond acceptors (Lipinski definition) is 2. The molecule has 0 spiro atoms. The first-order valence-electron chi connectivity index (χ1n) is 6.83. The van der Waals surface area contributed by atoms with Crippen LogP contribution in [0.15, 0.2) is 18.2 Å². The van der Waals surface area contributed by atoms with Gasteiger partial charge in [-0.05, 0) is 31.9 Å². The van der Waals surface area contributed by atoms with Crippen LogP contribution in [0, 0.1) is 6.92 Å². The minimum atomic E-state index is -0.0997. The van der Waals surface area contributed by atoms with Crippen LogP contribution < -0.4 is 5.32 Å². The number of aryl methyl sites for hydroxylation is 1. The number of hydrogen-bond donors (Lipinski definition) is 2. The molecule has 106 valence electrons. The number of halogens is 1. The Hall–Kier alpha value is -1.52. The van der Waals surface area contributed by atoms with Crippen LogP contribution >= 0.6 is 11.6 Å². The van der Waals surface area contributed by atoms with Crippen LogP contribution in [-0.4, -0.2) is 30.1 Å². The summed E-state index contributed by atoms with van der Waals surface area (Å²) in [6, 6.07) is 5.59. The van der Waals surface area contributed by atoms with Crippen molar-refractivity contribution in [2.45, 2.75) is 25.9 Å². The summed E-state index contributed by atoms with van der Waals surface area (Å²) < 4.78 is 5.51. The number of aromatic amines is 1. The van der Waals surface area contributed by atoms with Gasteiger partial charge in [0.15, 0.2) is 0 Å². The number of carbonyl (C=O) groups excluding carboxylic acids is 1. The molecule has 1 atom stereocenters. The Balaban J connectivity index is 1.85. The average Bonchev–Trinajstić information content (AvgIpc) is 3.03. The molecule has 0 aliphatic carbocycles. The smallest absolute Gasteiger partial charge is 0.253 e. The third-order valence-corrected chi connectivity index (χ3v) is 4.02. The van der Waals surface area contributed by atoms with Crippen molar-refractivity contribution in [2.24, 2.45) is 0 Å². The van der Waals surface area contributed by atoms with E-state index in [0.29, 0.717) is 17.1 Å². The summed E-state index contributed by atoms with van der Waals surface area (Å²) in [6.45, 7) is 3.23. The van der Waals surface area contributed by atoms with Gasteiger partial charge in [-0.2, -0.15) is 0 Å². The van der Waals surface area contributed by atoms with E-state index in [1.54, 1.807) is 6.07 Å². The van der Waals surface area contributed by atoms with Crippen LogP contribution in [0.5, 0.6) is 0 Å². The van der Waals surface area contributed by atoms with E-state index in [-0.39, 0.29) is 12.0 Å². The number of nitrogens with one attached hydrogen (secondary N) is 2. The minimum absolute atomic E-state index is 0.0997. The first kappa shape index (κ1) is 13.5. The molecule has 2 aromatic rings. The van der Waals surface area contributed by atoms with Crippen LogP contribution in [0.3, 0.4) is 0 Å². The van der Waals surface area contributed by atoms with Gasteiger partial charge in [-0.25, -0.2) is 0 Å². The largest absolute Gasteiger partial charge is 0.376 e. The highest BCUT2D eigenvalue weighted by molar-refractivity contribution is 6.37. The zero-order chi connectivity index (χ0) is 14.1. The van der Waals surface area contributed by atoms with Gasteiger partial charge in [0.05, 0.1) is 16.7 Å². The van der Waals surface area contributed by atoms with Gasteiger partial charge in [0.25, 0.3) is 5.91 Å². The number of rotatable bonds is 3. The number of amides is 1. The van der Waals surface area contributed by atoms with Crippen LogP contribution in [0.4, 0.5) is 0 Å². The van der Waals surface area contributed by atoms with Gasteiger partial charge in [0.1, 0.15) is 0 Å². The summed E-state index contributed by atoms with van der Waals surface area (Å²) in [6.07, 6.45) is 2.21. The summed E-state index contributed by atoms with van der Waals surface area (Å²) in [4.78, 5) is 15.6.